The molecule has 7 nitrogen and oxygen atoms in total. The highest BCUT2D eigenvalue weighted by Crippen LogP contribution is 2.41. The van der Waals surface area contributed by atoms with Crippen LogP contribution in [-0.4, -0.2) is 33.2 Å². The van der Waals surface area contributed by atoms with Gasteiger partial charge in [0, 0.05) is 22.1 Å². The number of fused-ring (bicyclic) bond motifs is 1. The van der Waals surface area contributed by atoms with Gasteiger partial charge in [-0.15, -0.1) is 0 Å². The van der Waals surface area contributed by atoms with Crippen LogP contribution < -0.4 is 5.73 Å². The van der Waals surface area contributed by atoms with E-state index in [1.807, 2.05) is 24.3 Å². The van der Waals surface area contributed by atoms with Gasteiger partial charge in [0.2, 0.25) is 0 Å². The fourth-order valence-electron chi connectivity index (χ4n) is 3.44. The first-order valence-electron chi connectivity index (χ1n) is 9.60. The summed E-state index contributed by atoms with van der Waals surface area (Å²) in [6.07, 6.45) is 2.42. The summed E-state index contributed by atoms with van der Waals surface area (Å²) in [6.45, 7) is 0. The highest BCUT2D eigenvalue weighted by Gasteiger charge is 2.26. The minimum Gasteiger partial charge on any atom is -0.465 e. The molecule has 0 saturated heterocycles. The number of benzene rings is 2. The van der Waals surface area contributed by atoms with Gasteiger partial charge in [0.1, 0.15) is 5.82 Å². The third-order valence-electron chi connectivity index (χ3n) is 5.09. The van der Waals surface area contributed by atoms with Crippen LogP contribution in [0.15, 0.2) is 58.6 Å². The molecule has 2 aromatic carbocycles. The van der Waals surface area contributed by atoms with Crippen molar-refractivity contribution < 1.29 is 9.53 Å². The molecule has 0 radical (unpaired) electrons. The van der Waals surface area contributed by atoms with Gasteiger partial charge >= 0.3 is 5.97 Å². The number of nitrogens with zero attached hydrogens (tertiary/aromatic N) is 3. The lowest BCUT2D eigenvalue weighted by Crippen LogP contribution is -2.01. The molecular formula is C22H19N5O2S. The van der Waals surface area contributed by atoms with E-state index in [1.165, 1.54) is 37.4 Å². The molecule has 2 aromatic heterocycles. The average Bonchev–Trinajstić information content (AvgIpc) is 3.49. The van der Waals surface area contributed by atoms with Crippen LogP contribution >= 0.6 is 11.8 Å². The maximum absolute atomic E-state index is 11.8. The lowest BCUT2D eigenvalue weighted by Gasteiger charge is -2.09. The summed E-state index contributed by atoms with van der Waals surface area (Å²) < 4.78 is 4.79. The van der Waals surface area contributed by atoms with Crippen LogP contribution in [-0.2, 0) is 4.74 Å². The molecule has 0 aliphatic heterocycles. The Morgan fingerprint density at radius 3 is 2.80 bits per heavy atom. The summed E-state index contributed by atoms with van der Waals surface area (Å²) in [5.41, 5.74) is 10.5. The molecule has 0 bridgehead atoms. The number of ether oxygens (including phenoxy) is 1. The van der Waals surface area contributed by atoms with Crippen LogP contribution in [0.2, 0.25) is 0 Å². The normalized spacial score (nSPS) is 13.5. The monoisotopic (exact) mass is 417 g/mol. The lowest BCUT2D eigenvalue weighted by molar-refractivity contribution is 0.0600. The first kappa shape index (κ1) is 18.6. The van der Waals surface area contributed by atoms with Crippen molar-refractivity contribution in [1.82, 2.24) is 20.2 Å². The van der Waals surface area contributed by atoms with E-state index in [2.05, 4.69) is 26.2 Å². The fraction of sp³-hybridized carbons (Fsp3) is 0.182. The Hall–Kier alpha value is -3.39. The summed E-state index contributed by atoms with van der Waals surface area (Å²) in [5.74, 6) is 0.613. The summed E-state index contributed by atoms with van der Waals surface area (Å²) in [4.78, 5) is 21.8. The second kappa shape index (κ2) is 7.46. The topological polar surface area (TPSA) is 107 Å². The van der Waals surface area contributed by atoms with Gasteiger partial charge in [0.25, 0.3) is 0 Å². The van der Waals surface area contributed by atoms with Gasteiger partial charge in [-0.1, -0.05) is 18.2 Å². The molecule has 150 valence electrons. The predicted octanol–water partition coefficient (Wildman–Crippen LogP) is 4.42. The molecule has 4 aromatic rings. The van der Waals surface area contributed by atoms with E-state index in [0.717, 1.165) is 27.1 Å². The Morgan fingerprint density at radius 2 is 2.00 bits per heavy atom. The Balaban J connectivity index is 1.51. The summed E-state index contributed by atoms with van der Waals surface area (Å²) >= 11 is 1.34. The van der Waals surface area contributed by atoms with Crippen molar-refractivity contribution in [2.24, 2.45) is 0 Å². The maximum atomic E-state index is 11.8. The zero-order chi connectivity index (χ0) is 20.7. The van der Waals surface area contributed by atoms with Gasteiger partial charge in [-0.05, 0) is 54.9 Å². The number of H-pyrrole nitrogens is 1. The molecule has 30 heavy (non-hydrogen) atoms. The average molecular weight is 417 g/mol. The largest absolute Gasteiger partial charge is 0.465 e. The molecule has 1 saturated carbocycles. The quantitative estimate of drug-likeness (QED) is 0.366. The van der Waals surface area contributed by atoms with Crippen LogP contribution in [0.3, 0.4) is 0 Å². The van der Waals surface area contributed by atoms with Crippen molar-refractivity contribution >= 4 is 34.5 Å². The molecule has 0 unspecified atom stereocenters. The third kappa shape index (κ3) is 3.50. The molecule has 1 fully saturated rings. The highest BCUT2D eigenvalue weighted by atomic mass is 32.2. The minimum absolute atomic E-state index is 0.384. The number of carbonyl (C=O) groups excluding carboxylic acids is 1. The Morgan fingerprint density at radius 1 is 1.17 bits per heavy atom. The lowest BCUT2D eigenvalue weighted by atomic mass is 10.1. The zero-order valence-electron chi connectivity index (χ0n) is 16.3. The molecule has 5 rings (SSSR count). The van der Waals surface area contributed by atoms with E-state index >= 15 is 0 Å². The molecule has 1 aliphatic carbocycles. The number of nitrogens with two attached hydrogens (primary N) is 1. The van der Waals surface area contributed by atoms with Crippen molar-refractivity contribution in [1.29, 1.82) is 0 Å². The first-order valence-corrected chi connectivity index (χ1v) is 10.4. The second-order valence-electron chi connectivity index (χ2n) is 7.20. The van der Waals surface area contributed by atoms with Gasteiger partial charge in [0.05, 0.1) is 29.3 Å². The standard InChI is InChI=1S/C22H19N5O2S/c1-29-21(28)13-4-2-5-14(10-13)30-22-24-16-7-3-6-15(19(16)20(23)25-22)18-11-17(26-27-18)12-8-9-12/h2-7,10-12H,8-9H2,1H3,(H,26,27)(H2,23,24,25). The van der Waals surface area contributed by atoms with Crippen molar-refractivity contribution in [2.75, 3.05) is 12.8 Å². The van der Waals surface area contributed by atoms with Crippen molar-refractivity contribution in [3.05, 3.63) is 59.8 Å². The SMILES string of the molecule is COC(=O)c1cccc(Sc2nc(N)c3c(-c4cc(C5CC5)[nH]n4)cccc3n2)c1. The Labute approximate surface area is 177 Å². The van der Waals surface area contributed by atoms with E-state index in [0.29, 0.717) is 22.5 Å². The summed E-state index contributed by atoms with van der Waals surface area (Å²) in [7, 11) is 1.36. The zero-order valence-corrected chi connectivity index (χ0v) is 17.1. The molecular weight excluding hydrogens is 398 g/mol. The van der Waals surface area contributed by atoms with Crippen LogP contribution in [0, 0.1) is 0 Å². The van der Waals surface area contributed by atoms with Crippen LogP contribution in [0.1, 0.15) is 34.8 Å². The number of rotatable bonds is 5. The van der Waals surface area contributed by atoms with Crippen molar-refractivity contribution in [3.63, 3.8) is 0 Å². The van der Waals surface area contributed by atoms with Crippen molar-refractivity contribution in [3.8, 4) is 11.3 Å². The molecule has 2 heterocycles. The number of nitrogen functional groups attached to an aromatic ring is 1. The Bertz CT molecular complexity index is 1270. The molecule has 0 atom stereocenters. The number of aromatic nitrogens is 4. The summed E-state index contributed by atoms with van der Waals surface area (Å²) in [6, 6.07) is 15.1. The predicted molar refractivity (Wildman–Crippen MR) is 115 cm³/mol. The van der Waals surface area contributed by atoms with E-state index in [1.54, 1.807) is 18.2 Å². The Kier molecular flexibility index (Phi) is 4.63. The van der Waals surface area contributed by atoms with Gasteiger partial charge < -0.3 is 10.5 Å². The molecule has 0 spiro atoms. The van der Waals surface area contributed by atoms with Gasteiger partial charge in [-0.3, -0.25) is 5.10 Å². The van der Waals surface area contributed by atoms with E-state index < -0.39 is 0 Å². The number of hydrogen-bond donors (Lipinski definition) is 2. The van der Waals surface area contributed by atoms with Crippen LogP contribution in [0.5, 0.6) is 0 Å². The van der Waals surface area contributed by atoms with Crippen LogP contribution in [0.25, 0.3) is 22.2 Å². The number of anilines is 1. The number of methoxy groups -OCH3 is 1. The van der Waals surface area contributed by atoms with Crippen LogP contribution in [0.4, 0.5) is 5.82 Å². The third-order valence-corrected chi connectivity index (χ3v) is 5.94. The van der Waals surface area contributed by atoms with Crippen molar-refractivity contribution in [2.45, 2.75) is 28.8 Å². The number of esters is 1. The second-order valence-corrected chi connectivity index (χ2v) is 8.24. The molecule has 0 amide bonds. The smallest absolute Gasteiger partial charge is 0.337 e. The van der Waals surface area contributed by atoms with Gasteiger partial charge in [-0.25, -0.2) is 14.8 Å². The maximum Gasteiger partial charge on any atom is 0.337 e. The van der Waals surface area contributed by atoms with Gasteiger partial charge in [-0.2, -0.15) is 5.10 Å². The molecule has 8 heteroatoms. The fourth-order valence-corrected chi connectivity index (χ4v) is 4.27. The number of hydrogen-bond acceptors (Lipinski definition) is 7. The number of aromatic amines is 1. The highest BCUT2D eigenvalue weighted by molar-refractivity contribution is 7.99. The number of carbonyl (C=O) groups is 1. The van der Waals surface area contributed by atoms with Gasteiger partial charge in [0.15, 0.2) is 5.16 Å². The molecule has 3 N–H and O–H groups in total. The molecule has 1 aliphatic rings. The summed E-state index contributed by atoms with van der Waals surface area (Å²) in [5, 5.41) is 8.92. The number of nitrogens with one attached hydrogen (secondary N) is 1. The van der Waals surface area contributed by atoms with E-state index in [9.17, 15) is 4.79 Å². The van der Waals surface area contributed by atoms with E-state index in [-0.39, 0.29) is 5.97 Å². The van der Waals surface area contributed by atoms with E-state index in [4.69, 9.17) is 10.5 Å². The first-order chi connectivity index (χ1) is 14.6. The minimum atomic E-state index is -0.384.